The molecule has 3 rings (SSSR count). The zero-order chi connectivity index (χ0) is 17.6. The van der Waals surface area contributed by atoms with E-state index < -0.39 is 0 Å². The summed E-state index contributed by atoms with van der Waals surface area (Å²) in [5.41, 5.74) is 1.28. The molecule has 0 unspecified atom stereocenters. The molecule has 1 aliphatic carbocycles. The van der Waals surface area contributed by atoms with Crippen LogP contribution in [0.1, 0.15) is 38.1 Å². The Morgan fingerprint density at radius 3 is 2.68 bits per heavy atom. The number of ether oxygens (including phenoxy) is 1. The van der Waals surface area contributed by atoms with E-state index in [4.69, 9.17) is 4.74 Å². The third-order valence-corrected chi connectivity index (χ3v) is 5.05. The highest BCUT2D eigenvalue weighted by Gasteiger charge is 2.23. The van der Waals surface area contributed by atoms with Gasteiger partial charge in [-0.2, -0.15) is 0 Å². The number of rotatable bonds is 9. The van der Waals surface area contributed by atoms with E-state index in [1.807, 2.05) is 23.6 Å². The molecule has 1 amide bonds. The van der Waals surface area contributed by atoms with E-state index in [1.54, 1.807) is 0 Å². The Kier molecular flexibility index (Phi) is 5.96. The second-order valence-electron chi connectivity index (χ2n) is 6.06. The summed E-state index contributed by atoms with van der Waals surface area (Å²) in [6, 6.07) is 8.48. The molecule has 1 N–H and O–H groups in total. The number of benzene rings is 1. The maximum atomic E-state index is 11.8. The summed E-state index contributed by atoms with van der Waals surface area (Å²) in [5, 5.41) is 12.2. The molecule has 1 aromatic carbocycles. The molecule has 0 aliphatic heterocycles. The van der Waals surface area contributed by atoms with Crippen LogP contribution in [0, 0.1) is 0 Å². The number of nitrogens with one attached hydrogen (secondary N) is 1. The van der Waals surface area contributed by atoms with Crippen molar-refractivity contribution < 1.29 is 9.53 Å². The molecule has 0 bridgehead atoms. The zero-order valence-corrected chi connectivity index (χ0v) is 15.5. The standard InChI is InChI=1S/C18H24N4O2S/c1-3-13-5-9-15(10-6-13)24-11-16-20-21-18(22(16)4-2)25-12-17(23)19-14-7-8-14/h5-6,9-10,14H,3-4,7-8,11-12H2,1-2H3,(H,19,23). The summed E-state index contributed by atoms with van der Waals surface area (Å²) in [6.07, 6.45) is 3.21. The first kappa shape index (κ1) is 17.8. The van der Waals surface area contributed by atoms with Crippen molar-refractivity contribution in [3.63, 3.8) is 0 Å². The fourth-order valence-electron chi connectivity index (χ4n) is 2.45. The molecule has 25 heavy (non-hydrogen) atoms. The van der Waals surface area contributed by atoms with Crippen LogP contribution in [0.15, 0.2) is 29.4 Å². The van der Waals surface area contributed by atoms with E-state index in [0.29, 0.717) is 18.4 Å². The highest BCUT2D eigenvalue weighted by Crippen LogP contribution is 2.21. The van der Waals surface area contributed by atoms with Crippen molar-refractivity contribution in [2.24, 2.45) is 0 Å². The van der Waals surface area contributed by atoms with Gasteiger partial charge in [0.1, 0.15) is 12.4 Å². The number of carbonyl (C=O) groups is 1. The Morgan fingerprint density at radius 2 is 2.04 bits per heavy atom. The topological polar surface area (TPSA) is 69.0 Å². The van der Waals surface area contributed by atoms with Crippen molar-refractivity contribution in [2.75, 3.05) is 5.75 Å². The SMILES string of the molecule is CCc1ccc(OCc2nnc(SCC(=O)NC3CC3)n2CC)cc1. The predicted octanol–water partition coefficient (Wildman–Crippen LogP) is 2.81. The summed E-state index contributed by atoms with van der Waals surface area (Å²) < 4.78 is 7.82. The molecule has 134 valence electrons. The van der Waals surface area contributed by atoms with Crippen molar-refractivity contribution in [1.29, 1.82) is 0 Å². The van der Waals surface area contributed by atoms with Crippen LogP contribution in [-0.2, 0) is 24.4 Å². The van der Waals surface area contributed by atoms with E-state index in [0.717, 1.165) is 42.5 Å². The highest BCUT2D eigenvalue weighted by atomic mass is 32.2. The molecular weight excluding hydrogens is 336 g/mol. The van der Waals surface area contributed by atoms with Crippen LogP contribution in [0.4, 0.5) is 0 Å². The Morgan fingerprint density at radius 1 is 1.28 bits per heavy atom. The molecular formula is C18H24N4O2S. The zero-order valence-electron chi connectivity index (χ0n) is 14.7. The van der Waals surface area contributed by atoms with Gasteiger partial charge in [-0.1, -0.05) is 30.8 Å². The minimum atomic E-state index is 0.0620. The number of nitrogens with zero attached hydrogens (tertiary/aromatic N) is 3. The van der Waals surface area contributed by atoms with E-state index in [1.165, 1.54) is 17.3 Å². The van der Waals surface area contributed by atoms with Gasteiger partial charge >= 0.3 is 0 Å². The molecule has 0 saturated heterocycles. The molecule has 1 aliphatic rings. The summed E-state index contributed by atoms with van der Waals surface area (Å²) in [4.78, 5) is 11.8. The summed E-state index contributed by atoms with van der Waals surface area (Å²) >= 11 is 1.42. The largest absolute Gasteiger partial charge is 0.486 e. The van der Waals surface area contributed by atoms with Gasteiger partial charge < -0.3 is 14.6 Å². The van der Waals surface area contributed by atoms with Gasteiger partial charge in [0.05, 0.1) is 5.75 Å². The molecule has 0 radical (unpaired) electrons. The van der Waals surface area contributed by atoms with Crippen LogP contribution in [0.25, 0.3) is 0 Å². The number of aryl methyl sites for hydroxylation is 1. The third-order valence-electron chi connectivity index (χ3n) is 4.08. The van der Waals surface area contributed by atoms with Gasteiger partial charge in [0.25, 0.3) is 0 Å². The van der Waals surface area contributed by atoms with Crippen LogP contribution in [-0.4, -0.2) is 32.5 Å². The molecule has 1 aromatic heterocycles. The van der Waals surface area contributed by atoms with Crippen LogP contribution in [0.5, 0.6) is 5.75 Å². The Balaban J connectivity index is 1.55. The first-order chi connectivity index (χ1) is 12.2. The summed E-state index contributed by atoms with van der Waals surface area (Å²) in [7, 11) is 0. The Labute approximate surface area is 152 Å². The minimum Gasteiger partial charge on any atom is -0.486 e. The first-order valence-corrected chi connectivity index (χ1v) is 9.74. The highest BCUT2D eigenvalue weighted by molar-refractivity contribution is 7.99. The van der Waals surface area contributed by atoms with Gasteiger partial charge in [-0.05, 0) is 43.9 Å². The van der Waals surface area contributed by atoms with Gasteiger partial charge in [0, 0.05) is 12.6 Å². The summed E-state index contributed by atoms with van der Waals surface area (Å²) in [6.45, 7) is 5.27. The van der Waals surface area contributed by atoms with E-state index >= 15 is 0 Å². The second kappa shape index (κ2) is 8.38. The number of hydrogen-bond donors (Lipinski definition) is 1. The van der Waals surface area contributed by atoms with Gasteiger partial charge in [-0.15, -0.1) is 10.2 Å². The molecule has 2 aromatic rings. The Hall–Kier alpha value is -2.02. The number of amides is 1. The van der Waals surface area contributed by atoms with E-state index in [9.17, 15) is 4.79 Å². The number of aromatic nitrogens is 3. The average Bonchev–Trinajstić information content (AvgIpc) is 3.36. The molecule has 6 nitrogen and oxygen atoms in total. The number of carbonyl (C=O) groups excluding carboxylic acids is 1. The van der Waals surface area contributed by atoms with Crippen LogP contribution >= 0.6 is 11.8 Å². The number of hydrogen-bond acceptors (Lipinski definition) is 5. The monoisotopic (exact) mass is 360 g/mol. The third kappa shape index (κ3) is 4.98. The quantitative estimate of drug-likeness (QED) is 0.697. The fraction of sp³-hybridized carbons (Fsp3) is 0.500. The molecule has 0 atom stereocenters. The van der Waals surface area contributed by atoms with Gasteiger partial charge in [-0.25, -0.2) is 0 Å². The van der Waals surface area contributed by atoms with E-state index in [2.05, 4.69) is 34.6 Å². The van der Waals surface area contributed by atoms with Crippen LogP contribution < -0.4 is 10.1 Å². The van der Waals surface area contributed by atoms with Gasteiger partial charge in [0.15, 0.2) is 11.0 Å². The molecule has 1 saturated carbocycles. The molecule has 1 fully saturated rings. The maximum Gasteiger partial charge on any atom is 0.230 e. The van der Waals surface area contributed by atoms with Crippen molar-refractivity contribution in [3.8, 4) is 5.75 Å². The second-order valence-corrected chi connectivity index (χ2v) is 7.00. The van der Waals surface area contributed by atoms with Crippen LogP contribution in [0.3, 0.4) is 0 Å². The van der Waals surface area contributed by atoms with Gasteiger partial charge in [0.2, 0.25) is 5.91 Å². The van der Waals surface area contributed by atoms with Crippen molar-refractivity contribution >= 4 is 17.7 Å². The lowest BCUT2D eigenvalue weighted by Crippen LogP contribution is -2.27. The average molecular weight is 360 g/mol. The maximum absolute atomic E-state index is 11.8. The fourth-order valence-corrected chi connectivity index (χ4v) is 3.28. The minimum absolute atomic E-state index is 0.0620. The first-order valence-electron chi connectivity index (χ1n) is 8.75. The van der Waals surface area contributed by atoms with Crippen LogP contribution in [0.2, 0.25) is 0 Å². The lowest BCUT2D eigenvalue weighted by atomic mass is 10.2. The smallest absolute Gasteiger partial charge is 0.230 e. The molecule has 1 heterocycles. The van der Waals surface area contributed by atoms with Gasteiger partial charge in [-0.3, -0.25) is 4.79 Å². The normalized spacial score (nSPS) is 13.7. The lowest BCUT2D eigenvalue weighted by Gasteiger charge is -2.09. The lowest BCUT2D eigenvalue weighted by molar-refractivity contribution is -0.118. The summed E-state index contributed by atoms with van der Waals surface area (Å²) in [5.74, 6) is 2.02. The van der Waals surface area contributed by atoms with E-state index in [-0.39, 0.29) is 5.91 Å². The predicted molar refractivity (Wildman–Crippen MR) is 97.7 cm³/mol. The molecule has 0 spiro atoms. The molecule has 7 heteroatoms. The van der Waals surface area contributed by atoms with Crippen molar-refractivity contribution in [2.45, 2.75) is 57.5 Å². The Bertz CT molecular complexity index is 710. The van der Waals surface area contributed by atoms with Crippen molar-refractivity contribution in [3.05, 3.63) is 35.7 Å². The van der Waals surface area contributed by atoms with Crippen molar-refractivity contribution in [1.82, 2.24) is 20.1 Å². The number of thioether (sulfide) groups is 1.